The predicted molar refractivity (Wildman–Crippen MR) is 120 cm³/mol. The average Bonchev–Trinajstić information content (AvgIpc) is 3.29. The maximum atomic E-state index is 13.3. The molecule has 0 aliphatic rings. The van der Waals surface area contributed by atoms with Gasteiger partial charge in [-0.2, -0.15) is 0 Å². The Hall–Kier alpha value is -3.78. The summed E-state index contributed by atoms with van der Waals surface area (Å²) in [6, 6.07) is 19.3. The Morgan fingerprint density at radius 2 is 1.77 bits per heavy atom. The van der Waals surface area contributed by atoms with E-state index >= 15 is 0 Å². The lowest BCUT2D eigenvalue weighted by Gasteiger charge is -2.06. The maximum Gasteiger partial charge on any atom is 0.265 e. The molecular formula is C22H18N6OS. The lowest BCUT2D eigenvalue weighted by Crippen LogP contribution is -2.14. The van der Waals surface area contributed by atoms with Crippen molar-refractivity contribution in [2.24, 2.45) is 0 Å². The van der Waals surface area contributed by atoms with Crippen molar-refractivity contribution >= 4 is 49.7 Å². The smallest absolute Gasteiger partial charge is 0.265 e. The molecule has 0 unspecified atom stereocenters. The number of thiazole rings is 1. The number of aryl methyl sites for hydroxylation is 2. The van der Waals surface area contributed by atoms with Gasteiger partial charge in [0.25, 0.3) is 5.91 Å². The van der Waals surface area contributed by atoms with E-state index in [9.17, 15) is 4.79 Å². The first-order chi connectivity index (χ1) is 14.6. The van der Waals surface area contributed by atoms with Crippen LogP contribution in [-0.2, 0) is 0 Å². The fraction of sp³-hybridized carbons (Fsp3) is 0.0909. The van der Waals surface area contributed by atoms with Crippen molar-refractivity contribution in [2.45, 2.75) is 13.8 Å². The van der Waals surface area contributed by atoms with Crippen molar-refractivity contribution in [2.75, 3.05) is 10.6 Å². The molecule has 5 aromatic rings. The molecule has 7 nitrogen and oxygen atoms in total. The minimum atomic E-state index is -0.306. The van der Waals surface area contributed by atoms with Gasteiger partial charge in [-0.05, 0) is 44.2 Å². The number of nitrogens with one attached hydrogen (secondary N) is 2. The summed E-state index contributed by atoms with van der Waals surface area (Å²) in [6.07, 6.45) is 0. The third-order valence-electron chi connectivity index (χ3n) is 4.67. The van der Waals surface area contributed by atoms with Crippen molar-refractivity contribution in [3.63, 3.8) is 0 Å². The SMILES string of the molecule is Cc1cc(C)n2nc(Nc3ccccc3)c(C(=O)Nc3nc4ccccc4s3)c2n1. The van der Waals surface area contributed by atoms with Gasteiger partial charge in [-0.25, -0.2) is 14.5 Å². The number of carbonyl (C=O) groups is 1. The van der Waals surface area contributed by atoms with Crippen LogP contribution in [0.5, 0.6) is 0 Å². The highest BCUT2D eigenvalue weighted by Gasteiger charge is 2.23. The molecule has 5 rings (SSSR count). The molecule has 0 aliphatic carbocycles. The standard InChI is InChI=1S/C22H18N6OS/c1-13-12-14(2)28-20(23-13)18(19(27-28)24-15-8-4-3-5-9-15)21(29)26-22-25-16-10-6-7-11-17(16)30-22/h3-12H,1-2H3,(H,24,27)(H,25,26,29). The van der Waals surface area contributed by atoms with Crippen LogP contribution < -0.4 is 10.6 Å². The molecule has 0 spiro atoms. The zero-order chi connectivity index (χ0) is 20.7. The minimum absolute atomic E-state index is 0.306. The lowest BCUT2D eigenvalue weighted by atomic mass is 10.2. The number of benzene rings is 2. The van der Waals surface area contributed by atoms with Crippen molar-refractivity contribution in [3.8, 4) is 0 Å². The van der Waals surface area contributed by atoms with E-state index in [-0.39, 0.29) is 5.91 Å². The average molecular weight is 414 g/mol. The summed E-state index contributed by atoms with van der Waals surface area (Å²) in [7, 11) is 0. The zero-order valence-electron chi connectivity index (χ0n) is 16.4. The van der Waals surface area contributed by atoms with Crippen LogP contribution in [0.1, 0.15) is 21.7 Å². The van der Waals surface area contributed by atoms with E-state index in [4.69, 9.17) is 0 Å². The molecule has 0 fully saturated rings. The largest absolute Gasteiger partial charge is 0.338 e. The molecule has 0 saturated carbocycles. The topological polar surface area (TPSA) is 84.2 Å². The summed E-state index contributed by atoms with van der Waals surface area (Å²) in [6.45, 7) is 3.84. The van der Waals surface area contributed by atoms with E-state index in [1.165, 1.54) is 11.3 Å². The Kier molecular flexibility index (Phi) is 4.40. The molecule has 2 aromatic carbocycles. The molecule has 3 heterocycles. The van der Waals surface area contributed by atoms with Gasteiger partial charge in [-0.3, -0.25) is 10.1 Å². The number of carbonyl (C=O) groups excluding carboxylic acids is 1. The number of para-hydroxylation sites is 2. The zero-order valence-corrected chi connectivity index (χ0v) is 17.2. The van der Waals surface area contributed by atoms with Crippen LogP contribution >= 0.6 is 11.3 Å². The van der Waals surface area contributed by atoms with Crippen molar-refractivity contribution in [3.05, 3.63) is 77.6 Å². The number of hydrogen-bond donors (Lipinski definition) is 2. The second-order valence-electron chi connectivity index (χ2n) is 6.93. The van der Waals surface area contributed by atoms with Crippen LogP contribution in [0.4, 0.5) is 16.6 Å². The number of nitrogens with zero attached hydrogens (tertiary/aromatic N) is 4. The van der Waals surface area contributed by atoms with E-state index in [1.807, 2.05) is 74.5 Å². The highest BCUT2D eigenvalue weighted by Crippen LogP contribution is 2.29. The first-order valence-electron chi connectivity index (χ1n) is 9.44. The van der Waals surface area contributed by atoms with Gasteiger partial charge in [-0.15, -0.1) is 5.10 Å². The quantitative estimate of drug-likeness (QED) is 0.435. The third-order valence-corrected chi connectivity index (χ3v) is 5.62. The number of fused-ring (bicyclic) bond motifs is 2. The van der Waals surface area contributed by atoms with E-state index in [1.54, 1.807) is 4.52 Å². The van der Waals surface area contributed by atoms with Crippen LogP contribution in [0.3, 0.4) is 0 Å². The predicted octanol–water partition coefficient (Wildman–Crippen LogP) is 4.95. The number of rotatable bonds is 4. The van der Waals surface area contributed by atoms with Gasteiger partial charge in [0.1, 0.15) is 5.56 Å². The Morgan fingerprint density at radius 3 is 2.57 bits per heavy atom. The fourth-order valence-electron chi connectivity index (χ4n) is 3.36. The monoisotopic (exact) mass is 414 g/mol. The van der Waals surface area contributed by atoms with Crippen LogP contribution in [0.25, 0.3) is 15.9 Å². The Labute approximate surface area is 176 Å². The van der Waals surface area contributed by atoms with Crippen molar-refractivity contribution in [1.29, 1.82) is 0 Å². The van der Waals surface area contributed by atoms with Crippen molar-refractivity contribution < 1.29 is 4.79 Å². The molecule has 0 radical (unpaired) electrons. The van der Waals surface area contributed by atoms with Gasteiger partial charge >= 0.3 is 0 Å². The molecule has 8 heteroatoms. The van der Waals surface area contributed by atoms with E-state index < -0.39 is 0 Å². The van der Waals surface area contributed by atoms with Crippen molar-refractivity contribution in [1.82, 2.24) is 19.6 Å². The molecule has 0 aliphatic heterocycles. The van der Waals surface area contributed by atoms with Gasteiger partial charge in [0, 0.05) is 17.1 Å². The highest BCUT2D eigenvalue weighted by atomic mass is 32.1. The first-order valence-corrected chi connectivity index (χ1v) is 10.3. The summed E-state index contributed by atoms with van der Waals surface area (Å²) < 4.78 is 2.70. The molecule has 3 aromatic heterocycles. The van der Waals surface area contributed by atoms with Crippen LogP contribution in [0, 0.1) is 13.8 Å². The van der Waals surface area contributed by atoms with E-state index in [2.05, 4.69) is 25.7 Å². The van der Waals surface area contributed by atoms with Gasteiger partial charge in [0.2, 0.25) is 0 Å². The Balaban J connectivity index is 1.59. The molecule has 1 amide bonds. The van der Waals surface area contributed by atoms with Gasteiger partial charge < -0.3 is 5.32 Å². The molecule has 0 saturated heterocycles. The molecule has 30 heavy (non-hydrogen) atoms. The molecule has 0 bridgehead atoms. The summed E-state index contributed by atoms with van der Waals surface area (Å²) in [5, 5.41) is 11.3. The minimum Gasteiger partial charge on any atom is -0.338 e. The van der Waals surface area contributed by atoms with Gasteiger partial charge in [0.05, 0.1) is 10.2 Å². The summed E-state index contributed by atoms with van der Waals surface area (Å²) >= 11 is 1.43. The first kappa shape index (κ1) is 18.3. The molecule has 2 N–H and O–H groups in total. The highest BCUT2D eigenvalue weighted by molar-refractivity contribution is 7.22. The summed E-state index contributed by atoms with van der Waals surface area (Å²) in [5.74, 6) is 0.140. The van der Waals surface area contributed by atoms with E-state index in [0.29, 0.717) is 22.2 Å². The fourth-order valence-corrected chi connectivity index (χ4v) is 4.22. The molecule has 0 atom stereocenters. The normalized spacial score (nSPS) is 11.1. The van der Waals surface area contributed by atoms with Crippen LogP contribution in [-0.4, -0.2) is 25.5 Å². The Bertz CT molecular complexity index is 1360. The Morgan fingerprint density at radius 1 is 1.00 bits per heavy atom. The van der Waals surface area contributed by atoms with E-state index in [0.717, 1.165) is 27.3 Å². The maximum absolute atomic E-state index is 13.3. The van der Waals surface area contributed by atoms with Crippen LogP contribution in [0.15, 0.2) is 60.7 Å². The molecule has 148 valence electrons. The summed E-state index contributed by atoms with van der Waals surface area (Å²) in [4.78, 5) is 22.4. The number of hydrogen-bond acceptors (Lipinski definition) is 6. The lowest BCUT2D eigenvalue weighted by molar-refractivity contribution is 0.102. The second-order valence-corrected chi connectivity index (χ2v) is 7.96. The number of amides is 1. The second kappa shape index (κ2) is 7.23. The number of anilines is 3. The number of aromatic nitrogens is 4. The van der Waals surface area contributed by atoms with Gasteiger partial charge in [0.15, 0.2) is 16.6 Å². The van der Waals surface area contributed by atoms with Gasteiger partial charge in [-0.1, -0.05) is 41.7 Å². The van der Waals surface area contributed by atoms with Crippen LogP contribution in [0.2, 0.25) is 0 Å². The third kappa shape index (κ3) is 3.27. The summed E-state index contributed by atoms with van der Waals surface area (Å²) in [5.41, 5.74) is 4.29. The molecular weight excluding hydrogens is 396 g/mol.